The zero-order valence-electron chi connectivity index (χ0n) is 16.4. The van der Waals surface area contributed by atoms with E-state index in [2.05, 4.69) is 10.0 Å². The van der Waals surface area contributed by atoms with E-state index in [1.54, 1.807) is 18.2 Å². The fourth-order valence-electron chi connectivity index (χ4n) is 3.06. The molecule has 1 amide bonds. The second-order valence-electron chi connectivity index (χ2n) is 6.95. The van der Waals surface area contributed by atoms with Crippen molar-refractivity contribution < 1.29 is 31.8 Å². The lowest BCUT2D eigenvalue weighted by Crippen LogP contribution is -2.49. The zero-order valence-corrected chi connectivity index (χ0v) is 17.2. The summed E-state index contributed by atoms with van der Waals surface area (Å²) in [7, 11) is -3.98. The van der Waals surface area contributed by atoms with Crippen LogP contribution in [-0.4, -0.2) is 44.3 Å². The number of ether oxygens (including phenoxy) is 1. The highest BCUT2D eigenvalue weighted by atomic mass is 32.2. The fraction of sp³-hybridized carbons (Fsp3) is 0.286. The molecule has 0 unspecified atom stereocenters. The van der Waals surface area contributed by atoms with E-state index < -0.39 is 46.5 Å². The Morgan fingerprint density at radius 2 is 1.77 bits per heavy atom. The van der Waals surface area contributed by atoms with E-state index in [9.17, 15) is 27.1 Å². The number of halogens is 2. The number of amides is 1. The summed E-state index contributed by atoms with van der Waals surface area (Å²) < 4.78 is 59.7. The van der Waals surface area contributed by atoms with E-state index in [1.165, 1.54) is 18.2 Å². The number of carbonyl (C=O) groups excluding carboxylic acids is 1. The molecule has 3 rings (SSSR count). The first-order chi connectivity index (χ1) is 14.8. The van der Waals surface area contributed by atoms with Crippen LogP contribution in [0.2, 0.25) is 0 Å². The maximum Gasteiger partial charge on any atom is 0.241 e. The Bertz CT molecular complexity index is 1040. The van der Waals surface area contributed by atoms with Gasteiger partial charge in [-0.25, -0.2) is 21.9 Å². The van der Waals surface area contributed by atoms with Crippen molar-refractivity contribution in [2.75, 3.05) is 6.61 Å². The molecule has 0 aliphatic carbocycles. The SMILES string of the molecule is O=C(C[C@H]1C=C[C@H](NS(=O)(=O)c2ccc(F)cc2)[C@@H](CO)O1)NCc1ccccc1F. The standard InChI is InChI=1S/C21H22F2N2O5S/c22-15-5-8-17(9-6-15)31(28,29)25-19-10-7-16(30-20(19)13-26)11-21(27)24-12-14-3-1-2-4-18(14)23/h1-10,16,19-20,25-26H,11-13H2,(H,24,27)/t16-,19+,20-/m1/s1. The maximum absolute atomic E-state index is 13.6. The van der Waals surface area contributed by atoms with E-state index in [0.717, 1.165) is 24.3 Å². The molecule has 3 N–H and O–H groups in total. The minimum atomic E-state index is -3.98. The summed E-state index contributed by atoms with van der Waals surface area (Å²) >= 11 is 0. The first-order valence-electron chi connectivity index (χ1n) is 9.51. The minimum absolute atomic E-state index is 0.0193. The normalized spacial score (nSPS) is 21.1. The Balaban J connectivity index is 1.59. The van der Waals surface area contributed by atoms with Gasteiger partial charge in [0, 0.05) is 12.1 Å². The summed E-state index contributed by atoms with van der Waals surface area (Å²) in [6.45, 7) is -0.472. The topological polar surface area (TPSA) is 105 Å². The summed E-state index contributed by atoms with van der Waals surface area (Å²) in [5.41, 5.74) is 0.347. The Kier molecular flexibility index (Phi) is 7.50. The number of sulfonamides is 1. The highest BCUT2D eigenvalue weighted by Gasteiger charge is 2.31. The second-order valence-corrected chi connectivity index (χ2v) is 8.67. The van der Waals surface area contributed by atoms with Crippen molar-refractivity contribution in [3.63, 3.8) is 0 Å². The molecule has 1 aliphatic heterocycles. The van der Waals surface area contributed by atoms with Crippen LogP contribution in [0.3, 0.4) is 0 Å². The lowest BCUT2D eigenvalue weighted by Gasteiger charge is -2.31. The molecule has 166 valence electrons. The van der Waals surface area contributed by atoms with Gasteiger partial charge in [-0.1, -0.05) is 30.4 Å². The summed E-state index contributed by atoms with van der Waals surface area (Å²) in [5.74, 6) is -1.38. The van der Waals surface area contributed by atoms with Gasteiger partial charge in [-0.15, -0.1) is 0 Å². The fourth-order valence-corrected chi connectivity index (χ4v) is 4.28. The molecule has 1 aliphatic rings. The molecule has 3 atom stereocenters. The predicted octanol–water partition coefficient (Wildman–Crippen LogP) is 1.63. The van der Waals surface area contributed by atoms with Crippen LogP contribution >= 0.6 is 0 Å². The van der Waals surface area contributed by atoms with E-state index in [-0.39, 0.29) is 23.8 Å². The molecular formula is C21H22F2N2O5S. The molecule has 0 aromatic heterocycles. The van der Waals surface area contributed by atoms with E-state index in [4.69, 9.17) is 4.74 Å². The van der Waals surface area contributed by atoms with Crippen LogP contribution < -0.4 is 10.0 Å². The third kappa shape index (κ3) is 6.17. The lowest BCUT2D eigenvalue weighted by molar-refractivity contribution is -0.125. The van der Waals surface area contributed by atoms with Crippen molar-refractivity contribution in [1.82, 2.24) is 10.0 Å². The molecule has 1 heterocycles. The third-order valence-electron chi connectivity index (χ3n) is 4.70. The molecule has 0 bridgehead atoms. The number of aliphatic hydroxyl groups excluding tert-OH is 1. The van der Waals surface area contributed by atoms with Gasteiger partial charge < -0.3 is 15.2 Å². The van der Waals surface area contributed by atoms with Gasteiger partial charge >= 0.3 is 0 Å². The van der Waals surface area contributed by atoms with Crippen molar-refractivity contribution in [2.24, 2.45) is 0 Å². The van der Waals surface area contributed by atoms with Gasteiger partial charge in [0.05, 0.1) is 30.1 Å². The van der Waals surface area contributed by atoms with Crippen molar-refractivity contribution in [3.8, 4) is 0 Å². The van der Waals surface area contributed by atoms with Gasteiger partial charge in [0.15, 0.2) is 0 Å². The quantitative estimate of drug-likeness (QED) is 0.528. The van der Waals surface area contributed by atoms with E-state index >= 15 is 0 Å². The monoisotopic (exact) mass is 452 g/mol. The first kappa shape index (κ1) is 23.0. The summed E-state index contributed by atoms with van der Waals surface area (Å²) in [4.78, 5) is 12.0. The van der Waals surface area contributed by atoms with Gasteiger partial charge in [-0.05, 0) is 30.3 Å². The van der Waals surface area contributed by atoms with E-state index in [1.807, 2.05) is 0 Å². The van der Waals surface area contributed by atoms with Crippen LogP contribution in [0.1, 0.15) is 12.0 Å². The Labute approximate surface area is 178 Å². The van der Waals surface area contributed by atoms with Crippen LogP contribution in [0.5, 0.6) is 0 Å². The molecule has 0 saturated carbocycles. The number of nitrogens with one attached hydrogen (secondary N) is 2. The highest BCUT2D eigenvalue weighted by Crippen LogP contribution is 2.19. The van der Waals surface area contributed by atoms with Crippen LogP contribution in [0.4, 0.5) is 8.78 Å². The number of carbonyl (C=O) groups is 1. The third-order valence-corrected chi connectivity index (χ3v) is 6.17. The number of rotatable bonds is 8. The maximum atomic E-state index is 13.6. The van der Waals surface area contributed by atoms with Crippen LogP contribution in [0.15, 0.2) is 65.6 Å². The summed E-state index contributed by atoms with van der Waals surface area (Å²) in [6.07, 6.45) is 1.32. The van der Waals surface area contributed by atoms with Gasteiger partial charge in [-0.3, -0.25) is 4.79 Å². The van der Waals surface area contributed by atoms with Crippen molar-refractivity contribution in [2.45, 2.75) is 36.1 Å². The minimum Gasteiger partial charge on any atom is -0.394 e. The highest BCUT2D eigenvalue weighted by molar-refractivity contribution is 7.89. The van der Waals surface area contributed by atoms with Crippen molar-refractivity contribution in [1.29, 1.82) is 0 Å². The van der Waals surface area contributed by atoms with Crippen molar-refractivity contribution in [3.05, 3.63) is 77.9 Å². The smallest absolute Gasteiger partial charge is 0.241 e. The molecule has 0 radical (unpaired) electrons. The molecule has 0 fully saturated rings. The molecule has 7 nitrogen and oxygen atoms in total. The molecule has 2 aromatic rings. The number of hydrogen-bond acceptors (Lipinski definition) is 5. The Morgan fingerprint density at radius 1 is 1.06 bits per heavy atom. The lowest BCUT2D eigenvalue weighted by atomic mass is 10.1. The summed E-state index contributed by atoms with van der Waals surface area (Å²) in [6, 6.07) is 9.51. The molecule has 0 spiro atoms. The number of hydrogen-bond donors (Lipinski definition) is 3. The molecule has 10 heteroatoms. The molecule has 0 saturated heterocycles. The predicted molar refractivity (Wildman–Crippen MR) is 108 cm³/mol. The molecule has 31 heavy (non-hydrogen) atoms. The summed E-state index contributed by atoms with van der Waals surface area (Å²) in [5, 5.41) is 12.2. The number of benzene rings is 2. The van der Waals surface area contributed by atoms with E-state index in [0.29, 0.717) is 5.56 Å². The van der Waals surface area contributed by atoms with Crippen LogP contribution in [0.25, 0.3) is 0 Å². The van der Waals surface area contributed by atoms with Gasteiger partial charge in [0.2, 0.25) is 15.9 Å². The van der Waals surface area contributed by atoms with Gasteiger partial charge in [0.1, 0.15) is 17.7 Å². The Morgan fingerprint density at radius 3 is 2.45 bits per heavy atom. The zero-order chi connectivity index (χ0) is 22.4. The van der Waals surface area contributed by atoms with Crippen molar-refractivity contribution >= 4 is 15.9 Å². The average molecular weight is 452 g/mol. The average Bonchev–Trinajstić information content (AvgIpc) is 2.74. The van der Waals surface area contributed by atoms with Crippen LogP contribution in [0, 0.1) is 11.6 Å². The molecular weight excluding hydrogens is 430 g/mol. The second kappa shape index (κ2) is 10.1. The van der Waals surface area contributed by atoms with Gasteiger partial charge in [-0.2, -0.15) is 0 Å². The number of aliphatic hydroxyl groups is 1. The largest absolute Gasteiger partial charge is 0.394 e. The molecule has 2 aromatic carbocycles. The van der Waals surface area contributed by atoms with Gasteiger partial charge in [0.25, 0.3) is 0 Å². The Hall–Kier alpha value is -2.66. The van der Waals surface area contributed by atoms with Crippen LogP contribution in [-0.2, 0) is 26.1 Å². The first-order valence-corrected chi connectivity index (χ1v) is 11.0.